The topological polar surface area (TPSA) is 91.8 Å². The van der Waals surface area contributed by atoms with Crippen LogP contribution >= 0.6 is 0 Å². The first-order valence-electron chi connectivity index (χ1n) is 7.54. The molecular formula is C17H21N3O5. The molecule has 1 aromatic carbocycles. The third-order valence-electron chi connectivity index (χ3n) is 2.84. The van der Waals surface area contributed by atoms with Crippen LogP contribution in [0.25, 0.3) is 0 Å². The molecule has 0 spiro atoms. The summed E-state index contributed by atoms with van der Waals surface area (Å²) in [6.07, 6.45) is 0. The van der Waals surface area contributed by atoms with Crippen LogP contribution in [0, 0.1) is 0 Å². The fourth-order valence-corrected chi connectivity index (χ4v) is 1.72. The molecule has 0 aliphatic carbocycles. The standard InChI is InChI=1S/C17H21N3O5/c1-17(2,3)20-25-15(21)11-8-6-7-9-12(11)24-16-18-13(22-4)10-14(19-16)23-5/h6-10,20H,1-5H3. The Morgan fingerprint density at radius 1 is 1.04 bits per heavy atom. The van der Waals surface area contributed by atoms with Crippen LogP contribution in [0.4, 0.5) is 0 Å². The predicted molar refractivity (Wildman–Crippen MR) is 90.0 cm³/mol. The van der Waals surface area contributed by atoms with Crippen LogP contribution in [-0.2, 0) is 4.84 Å². The number of hydroxylamine groups is 1. The number of aromatic nitrogens is 2. The number of nitrogens with one attached hydrogen (secondary N) is 1. The number of methoxy groups -OCH3 is 2. The van der Waals surface area contributed by atoms with Crippen molar-refractivity contribution >= 4 is 5.97 Å². The summed E-state index contributed by atoms with van der Waals surface area (Å²) in [5.74, 6) is 0.214. The maximum Gasteiger partial charge on any atom is 0.360 e. The molecule has 8 nitrogen and oxygen atoms in total. The third kappa shape index (κ3) is 5.32. The van der Waals surface area contributed by atoms with Crippen LogP contribution in [0.1, 0.15) is 31.1 Å². The smallest absolute Gasteiger partial charge is 0.360 e. The minimum Gasteiger partial charge on any atom is -0.481 e. The Bertz CT molecular complexity index is 721. The zero-order valence-corrected chi connectivity index (χ0v) is 14.8. The first-order chi connectivity index (χ1) is 11.8. The minimum atomic E-state index is -0.583. The van der Waals surface area contributed by atoms with Gasteiger partial charge in [0.25, 0.3) is 0 Å². The Morgan fingerprint density at radius 3 is 2.20 bits per heavy atom. The molecule has 2 rings (SSSR count). The van der Waals surface area contributed by atoms with E-state index in [0.717, 1.165) is 0 Å². The van der Waals surface area contributed by atoms with Gasteiger partial charge in [-0.1, -0.05) is 12.1 Å². The van der Waals surface area contributed by atoms with Crippen molar-refractivity contribution in [1.82, 2.24) is 15.4 Å². The summed E-state index contributed by atoms with van der Waals surface area (Å²) in [6.45, 7) is 5.62. The molecule has 0 radical (unpaired) electrons. The molecule has 0 fully saturated rings. The normalized spacial score (nSPS) is 10.9. The highest BCUT2D eigenvalue weighted by Gasteiger charge is 2.19. The molecule has 0 aliphatic rings. The second-order valence-electron chi connectivity index (χ2n) is 6.08. The molecule has 0 unspecified atom stereocenters. The number of carbonyl (C=O) groups is 1. The summed E-state index contributed by atoms with van der Waals surface area (Å²) in [4.78, 5) is 25.6. The van der Waals surface area contributed by atoms with Gasteiger partial charge in [-0.15, -0.1) is 5.48 Å². The van der Waals surface area contributed by atoms with Gasteiger partial charge in [0.05, 0.1) is 20.3 Å². The lowest BCUT2D eigenvalue weighted by atomic mass is 10.1. The average Bonchev–Trinajstić information content (AvgIpc) is 2.59. The summed E-state index contributed by atoms with van der Waals surface area (Å²) in [5, 5.41) is 0. The van der Waals surface area contributed by atoms with Crippen LogP contribution in [-0.4, -0.2) is 35.7 Å². The molecule has 0 aliphatic heterocycles. The lowest BCUT2D eigenvalue weighted by Gasteiger charge is -2.19. The molecule has 25 heavy (non-hydrogen) atoms. The second kappa shape index (κ2) is 7.80. The van der Waals surface area contributed by atoms with E-state index in [2.05, 4.69) is 15.4 Å². The number of ether oxygens (including phenoxy) is 3. The SMILES string of the molecule is COc1cc(OC)nc(Oc2ccccc2C(=O)ONC(C)(C)C)n1. The zero-order valence-electron chi connectivity index (χ0n) is 14.8. The van der Waals surface area contributed by atoms with E-state index in [4.69, 9.17) is 19.0 Å². The van der Waals surface area contributed by atoms with Crippen molar-refractivity contribution < 1.29 is 23.8 Å². The van der Waals surface area contributed by atoms with Gasteiger partial charge in [0.15, 0.2) is 0 Å². The summed E-state index contributed by atoms with van der Waals surface area (Å²) >= 11 is 0. The number of rotatable bonds is 6. The van der Waals surface area contributed by atoms with Crippen molar-refractivity contribution in [2.24, 2.45) is 0 Å². The van der Waals surface area contributed by atoms with Crippen LogP contribution in [0.15, 0.2) is 30.3 Å². The number of nitrogens with zero attached hydrogens (tertiary/aromatic N) is 2. The van der Waals surface area contributed by atoms with Crippen molar-refractivity contribution in [3.05, 3.63) is 35.9 Å². The summed E-state index contributed by atoms with van der Waals surface area (Å²) in [7, 11) is 2.93. The van der Waals surface area contributed by atoms with E-state index in [1.807, 2.05) is 20.8 Å². The number of para-hydroxylation sites is 1. The monoisotopic (exact) mass is 347 g/mol. The highest BCUT2D eigenvalue weighted by molar-refractivity contribution is 5.92. The lowest BCUT2D eigenvalue weighted by Crippen LogP contribution is -2.37. The van der Waals surface area contributed by atoms with E-state index >= 15 is 0 Å². The Kier molecular flexibility index (Phi) is 5.76. The number of hydrogen-bond acceptors (Lipinski definition) is 8. The summed E-state index contributed by atoms with van der Waals surface area (Å²) in [5.41, 5.74) is 2.52. The van der Waals surface area contributed by atoms with Gasteiger partial charge in [-0.05, 0) is 32.9 Å². The fraction of sp³-hybridized carbons (Fsp3) is 0.353. The van der Waals surface area contributed by atoms with E-state index in [1.165, 1.54) is 20.3 Å². The van der Waals surface area contributed by atoms with E-state index < -0.39 is 5.97 Å². The number of hydrogen-bond donors (Lipinski definition) is 1. The Morgan fingerprint density at radius 2 is 1.64 bits per heavy atom. The molecule has 0 atom stereocenters. The van der Waals surface area contributed by atoms with Crippen molar-refractivity contribution in [2.45, 2.75) is 26.3 Å². The van der Waals surface area contributed by atoms with Crippen LogP contribution in [0.5, 0.6) is 23.5 Å². The summed E-state index contributed by atoms with van der Waals surface area (Å²) < 4.78 is 15.8. The van der Waals surface area contributed by atoms with Gasteiger partial charge in [0.2, 0.25) is 11.8 Å². The zero-order chi connectivity index (χ0) is 18.4. The van der Waals surface area contributed by atoms with E-state index in [0.29, 0.717) is 0 Å². The van der Waals surface area contributed by atoms with Gasteiger partial charge >= 0.3 is 12.0 Å². The highest BCUT2D eigenvalue weighted by atomic mass is 16.7. The Labute approximate surface area is 146 Å². The van der Waals surface area contributed by atoms with Crippen molar-refractivity contribution in [3.8, 4) is 23.5 Å². The largest absolute Gasteiger partial charge is 0.481 e. The van der Waals surface area contributed by atoms with Gasteiger partial charge in [0.1, 0.15) is 11.3 Å². The summed E-state index contributed by atoms with van der Waals surface area (Å²) in [6, 6.07) is 8.12. The average molecular weight is 347 g/mol. The molecule has 0 saturated heterocycles. The van der Waals surface area contributed by atoms with E-state index in [1.54, 1.807) is 24.3 Å². The molecular weight excluding hydrogens is 326 g/mol. The van der Waals surface area contributed by atoms with Crippen molar-refractivity contribution in [1.29, 1.82) is 0 Å². The van der Waals surface area contributed by atoms with Gasteiger partial charge in [-0.25, -0.2) is 4.79 Å². The first kappa shape index (κ1) is 18.5. The van der Waals surface area contributed by atoms with Gasteiger partial charge < -0.3 is 19.0 Å². The van der Waals surface area contributed by atoms with Crippen LogP contribution in [0.2, 0.25) is 0 Å². The minimum absolute atomic E-state index is 0.0137. The number of benzene rings is 1. The molecule has 1 N–H and O–H groups in total. The molecule has 0 saturated carbocycles. The molecule has 1 aromatic heterocycles. The van der Waals surface area contributed by atoms with Gasteiger partial charge in [0, 0.05) is 5.54 Å². The molecule has 0 bridgehead atoms. The molecule has 1 heterocycles. The van der Waals surface area contributed by atoms with E-state index in [-0.39, 0.29) is 34.6 Å². The first-order valence-corrected chi connectivity index (χ1v) is 7.54. The predicted octanol–water partition coefficient (Wildman–Crippen LogP) is 2.75. The van der Waals surface area contributed by atoms with E-state index in [9.17, 15) is 4.79 Å². The third-order valence-corrected chi connectivity index (χ3v) is 2.84. The Hall–Kier alpha value is -2.87. The van der Waals surface area contributed by atoms with Crippen LogP contribution < -0.4 is 19.7 Å². The lowest BCUT2D eigenvalue weighted by molar-refractivity contribution is 0.00440. The van der Waals surface area contributed by atoms with Crippen LogP contribution in [0.3, 0.4) is 0 Å². The van der Waals surface area contributed by atoms with Crippen molar-refractivity contribution in [2.75, 3.05) is 14.2 Å². The highest BCUT2D eigenvalue weighted by Crippen LogP contribution is 2.26. The van der Waals surface area contributed by atoms with Crippen molar-refractivity contribution in [3.63, 3.8) is 0 Å². The molecule has 0 amide bonds. The molecule has 2 aromatic rings. The van der Waals surface area contributed by atoms with Gasteiger partial charge in [-0.2, -0.15) is 9.97 Å². The molecule has 8 heteroatoms. The van der Waals surface area contributed by atoms with Gasteiger partial charge in [-0.3, -0.25) is 0 Å². The Balaban J connectivity index is 2.25. The quantitative estimate of drug-likeness (QED) is 0.798. The second-order valence-corrected chi connectivity index (χ2v) is 6.08. The maximum absolute atomic E-state index is 12.3. The number of carbonyl (C=O) groups excluding carboxylic acids is 1. The molecule has 134 valence electrons. The maximum atomic E-state index is 12.3. The fourth-order valence-electron chi connectivity index (χ4n) is 1.72.